The van der Waals surface area contributed by atoms with Gasteiger partial charge in [0.15, 0.2) is 0 Å². The molecule has 5 rings (SSSR count). The molecule has 4 aliphatic carbocycles. The Morgan fingerprint density at radius 1 is 1.00 bits per heavy atom. The fraction of sp³-hybridized carbons (Fsp3) is 0.647. The standard InChI is InChI=1S/C17H19ClF2/c18-16(14-2-1-13(19)6-15(14)20)17-7-10-3-11(8-17)5-12(4-10)9-17/h1-2,6,10-12,16H,3-5,7-9H2. The smallest absolute Gasteiger partial charge is 0.130 e. The molecule has 1 unspecified atom stereocenters. The molecule has 0 aromatic heterocycles. The van der Waals surface area contributed by atoms with Crippen molar-refractivity contribution in [1.82, 2.24) is 0 Å². The van der Waals surface area contributed by atoms with E-state index in [2.05, 4.69) is 0 Å². The van der Waals surface area contributed by atoms with Crippen LogP contribution in [0.25, 0.3) is 0 Å². The zero-order valence-corrected chi connectivity index (χ0v) is 12.2. The number of rotatable bonds is 2. The Labute approximate surface area is 123 Å². The molecule has 0 amide bonds. The summed E-state index contributed by atoms with van der Waals surface area (Å²) in [7, 11) is 0. The van der Waals surface area contributed by atoms with Crippen LogP contribution < -0.4 is 0 Å². The van der Waals surface area contributed by atoms with Crippen LogP contribution in [0.3, 0.4) is 0 Å². The van der Waals surface area contributed by atoms with Crippen LogP contribution >= 0.6 is 11.6 Å². The summed E-state index contributed by atoms with van der Waals surface area (Å²) in [4.78, 5) is 0. The van der Waals surface area contributed by atoms with Crippen molar-refractivity contribution in [3.63, 3.8) is 0 Å². The Bertz CT molecular complexity index is 505. The minimum atomic E-state index is -0.527. The predicted molar refractivity (Wildman–Crippen MR) is 75.6 cm³/mol. The van der Waals surface area contributed by atoms with Crippen LogP contribution in [0.4, 0.5) is 8.78 Å². The molecule has 0 radical (unpaired) electrons. The quantitative estimate of drug-likeness (QED) is 0.636. The lowest BCUT2D eigenvalue weighted by Gasteiger charge is -2.58. The minimum absolute atomic E-state index is 0.0506. The predicted octanol–water partition coefficient (Wildman–Crippen LogP) is 5.46. The summed E-state index contributed by atoms with van der Waals surface area (Å²) < 4.78 is 27.2. The summed E-state index contributed by atoms with van der Waals surface area (Å²) >= 11 is 6.72. The topological polar surface area (TPSA) is 0 Å². The number of halogens is 3. The minimum Gasteiger partial charge on any atom is -0.207 e. The average Bonchev–Trinajstić information content (AvgIpc) is 2.36. The maximum absolute atomic E-state index is 14.1. The van der Waals surface area contributed by atoms with E-state index in [9.17, 15) is 8.78 Å². The van der Waals surface area contributed by atoms with Crippen molar-refractivity contribution in [2.45, 2.75) is 43.9 Å². The molecule has 1 atom stereocenters. The molecule has 4 saturated carbocycles. The summed E-state index contributed by atoms with van der Waals surface area (Å²) in [6.45, 7) is 0. The first-order chi connectivity index (χ1) is 9.56. The highest BCUT2D eigenvalue weighted by Gasteiger charge is 2.54. The SMILES string of the molecule is Fc1ccc(C(Cl)C23CC4CC(CC(C4)C2)C3)c(F)c1. The van der Waals surface area contributed by atoms with Gasteiger partial charge in [0, 0.05) is 11.6 Å². The summed E-state index contributed by atoms with van der Waals surface area (Å²) in [5.41, 5.74) is 0.546. The van der Waals surface area contributed by atoms with Crippen LogP contribution in [0.1, 0.15) is 49.5 Å². The highest BCUT2D eigenvalue weighted by Crippen LogP contribution is 2.65. The van der Waals surface area contributed by atoms with Crippen LogP contribution in [0.5, 0.6) is 0 Å². The Hall–Kier alpha value is -0.630. The van der Waals surface area contributed by atoms with E-state index in [1.165, 1.54) is 25.3 Å². The third-order valence-corrected chi connectivity index (χ3v) is 6.56. The Morgan fingerprint density at radius 2 is 1.55 bits per heavy atom. The number of alkyl halides is 1. The fourth-order valence-corrected chi connectivity index (χ4v) is 5.97. The molecule has 0 N–H and O–H groups in total. The first kappa shape index (κ1) is 13.1. The molecule has 1 aromatic carbocycles. The van der Waals surface area contributed by atoms with Crippen LogP contribution in [0.15, 0.2) is 18.2 Å². The van der Waals surface area contributed by atoms with Crippen molar-refractivity contribution in [2.75, 3.05) is 0 Å². The van der Waals surface area contributed by atoms with Gasteiger partial charge in [-0.05, 0) is 67.8 Å². The maximum Gasteiger partial charge on any atom is 0.130 e. The highest BCUT2D eigenvalue weighted by molar-refractivity contribution is 6.21. The lowest BCUT2D eigenvalue weighted by molar-refractivity contribution is -0.0556. The Kier molecular flexibility index (Phi) is 2.89. The van der Waals surface area contributed by atoms with Gasteiger partial charge in [-0.2, -0.15) is 0 Å². The van der Waals surface area contributed by atoms with Gasteiger partial charge in [0.2, 0.25) is 0 Å². The second kappa shape index (κ2) is 4.43. The summed E-state index contributed by atoms with van der Waals surface area (Å²) in [5.74, 6) is 1.34. The van der Waals surface area contributed by atoms with E-state index in [1.807, 2.05) is 0 Å². The fourth-order valence-electron chi connectivity index (χ4n) is 5.52. The number of benzene rings is 1. The highest BCUT2D eigenvalue weighted by atomic mass is 35.5. The zero-order valence-electron chi connectivity index (χ0n) is 11.4. The first-order valence-electron chi connectivity index (χ1n) is 7.65. The van der Waals surface area contributed by atoms with E-state index in [1.54, 1.807) is 6.07 Å². The molecule has 3 heteroatoms. The van der Waals surface area contributed by atoms with E-state index in [0.29, 0.717) is 5.56 Å². The van der Waals surface area contributed by atoms with Crippen LogP contribution in [-0.2, 0) is 0 Å². The van der Waals surface area contributed by atoms with Crippen LogP contribution in [0.2, 0.25) is 0 Å². The second-order valence-electron chi connectivity index (χ2n) is 7.31. The van der Waals surface area contributed by atoms with Crippen LogP contribution in [-0.4, -0.2) is 0 Å². The summed E-state index contributed by atoms with van der Waals surface area (Å²) in [5, 5.41) is -0.309. The lowest BCUT2D eigenvalue weighted by Crippen LogP contribution is -2.48. The van der Waals surface area contributed by atoms with Gasteiger partial charge in [0.05, 0.1) is 5.38 Å². The average molecular weight is 297 g/mol. The van der Waals surface area contributed by atoms with E-state index >= 15 is 0 Å². The molecule has 4 bridgehead atoms. The van der Waals surface area contributed by atoms with Gasteiger partial charge in [0.1, 0.15) is 11.6 Å². The van der Waals surface area contributed by atoms with Gasteiger partial charge in [-0.3, -0.25) is 0 Å². The van der Waals surface area contributed by atoms with Crippen molar-refractivity contribution >= 4 is 11.6 Å². The Balaban J connectivity index is 1.69. The third-order valence-electron chi connectivity index (χ3n) is 5.86. The van der Waals surface area contributed by atoms with E-state index < -0.39 is 11.6 Å². The third kappa shape index (κ3) is 1.91. The molecule has 0 spiro atoms. The Morgan fingerprint density at radius 3 is 2.05 bits per heavy atom. The molecular formula is C17H19ClF2. The van der Waals surface area contributed by atoms with Crippen molar-refractivity contribution in [2.24, 2.45) is 23.2 Å². The molecule has 0 heterocycles. The molecular weight excluding hydrogens is 278 g/mol. The lowest BCUT2D eigenvalue weighted by atomic mass is 9.48. The second-order valence-corrected chi connectivity index (χ2v) is 7.74. The molecule has 4 fully saturated rings. The molecule has 20 heavy (non-hydrogen) atoms. The van der Waals surface area contributed by atoms with Gasteiger partial charge in [0.25, 0.3) is 0 Å². The van der Waals surface area contributed by atoms with Gasteiger partial charge >= 0.3 is 0 Å². The molecule has 1 aromatic rings. The van der Waals surface area contributed by atoms with Crippen molar-refractivity contribution in [1.29, 1.82) is 0 Å². The van der Waals surface area contributed by atoms with Crippen LogP contribution in [0, 0.1) is 34.8 Å². The van der Waals surface area contributed by atoms with Gasteiger partial charge in [-0.1, -0.05) is 6.07 Å². The van der Waals surface area contributed by atoms with Gasteiger partial charge in [-0.25, -0.2) is 8.78 Å². The maximum atomic E-state index is 14.1. The zero-order chi connectivity index (χ0) is 13.9. The molecule has 0 nitrogen and oxygen atoms in total. The van der Waals surface area contributed by atoms with Gasteiger partial charge in [-0.15, -0.1) is 11.6 Å². The first-order valence-corrected chi connectivity index (χ1v) is 8.08. The van der Waals surface area contributed by atoms with E-state index in [-0.39, 0.29) is 10.8 Å². The van der Waals surface area contributed by atoms with Crippen molar-refractivity contribution in [3.05, 3.63) is 35.4 Å². The largest absolute Gasteiger partial charge is 0.207 e. The van der Waals surface area contributed by atoms with Crippen molar-refractivity contribution < 1.29 is 8.78 Å². The number of hydrogen-bond acceptors (Lipinski definition) is 0. The molecule has 108 valence electrons. The number of hydrogen-bond donors (Lipinski definition) is 0. The summed E-state index contributed by atoms with van der Waals surface area (Å²) in [6.07, 6.45) is 7.41. The summed E-state index contributed by atoms with van der Waals surface area (Å²) in [6, 6.07) is 3.83. The molecule has 0 saturated heterocycles. The van der Waals surface area contributed by atoms with Gasteiger partial charge < -0.3 is 0 Å². The normalized spacial score (nSPS) is 40.0. The molecule has 0 aliphatic heterocycles. The van der Waals surface area contributed by atoms with E-state index in [4.69, 9.17) is 11.6 Å². The monoisotopic (exact) mass is 296 g/mol. The van der Waals surface area contributed by atoms with Crippen molar-refractivity contribution in [3.8, 4) is 0 Å². The molecule has 4 aliphatic rings. The van der Waals surface area contributed by atoms with E-state index in [0.717, 1.165) is 43.1 Å².